The number of rotatable bonds is 3. The Labute approximate surface area is 95.2 Å². The maximum atomic E-state index is 11.3. The zero-order chi connectivity index (χ0) is 11.8. The van der Waals surface area contributed by atoms with Gasteiger partial charge in [0.2, 0.25) is 5.89 Å². The standard InChI is InChI=1S/C10H16N2O3S/c1-7(11-2)10-12-5-9(15-10)8-3-4-16(13,14)6-8/h5,7-8,11H,3-4,6H2,1-2H3. The minimum atomic E-state index is -2.86. The van der Waals surface area contributed by atoms with E-state index in [4.69, 9.17) is 4.42 Å². The molecule has 90 valence electrons. The average Bonchev–Trinajstić information content (AvgIpc) is 2.83. The molecule has 1 saturated heterocycles. The highest BCUT2D eigenvalue weighted by Gasteiger charge is 2.31. The molecule has 6 heteroatoms. The van der Waals surface area contributed by atoms with Crippen LogP contribution in [0.5, 0.6) is 0 Å². The zero-order valence-corrected chi connectivity index (χ0v) is 10.3. The topological polar surface area (TPSA) is 72.2 Å². The summed E-state index contributed by atoms with van der Waals surface area (Å²) in [5.74, 6) is 1.74. The Kier molecular flexibility index (Phi) is 3.03. The molecule has 1 aliphatic heterocycles. The molecule has 2 rings (SSSR count). The first-order valence-corrected chi connectivity index (χ1v) is 7.17. The fourth-order valence-electron chi connectivity index (χ4n) is 1.83. The van der Waals surface area contributed by atoms with Crippen molar-refractivity contribution in [1.29, 1.82) is 0 Å². The van der Waals surface area contributed by atoms with Crippen LogP contribution in [0.15, 0.2) is 10.6 Å². The van der Waals surface area contributed by atoms with E-state index in [0.717, 1.165) is 0 Å². The molecule has 1 N–H and O–H groups in total. The first-order chi connectivity index (χ1) is 7.52. The minimum absolute atomic E-state index is 0.0182. The number of aromatic nitrogens is 1. The molecule has 0 amide bonds. The van der Waals surface area contributed by atoms with Crippen LogP contribution in [0.2, 0.25) is 0 Å². The smallest absolute Gasteiger partial charge is 0.211 e. The molecule has 1 aromatic rings. The van der Waals surface area contributed by atoms with Crippen molar-refractivity contribution >= 4 is 9.84 Å². The molecule has 5 nitrogen and oxygen atoms in total. The summed E-state index contributed by atoms with van der Waals surface area (Å²) in [6, 6.07) is 0.0479. The van der Waals surface area contributed by atoms with Crippen LogP contribution in [-0.2, 0) is 9.84 Å². The predicted octanol–water partition coefficient (Wildman–Crippen LogP) is 0.857. The van der Waals surface area contributed by atoms with Crippen LogP contribution < -0.4 is 5.32 Å². The number of nitrogens with zero attached hydrogens (tertiary/aromatic N) is 1. The van der Waals surface area contributed by atoms with Crippen molar-refractivity contribution in [2.24, 2.45) is 0 Å². The molecule has 0 aromatic carbocycles. The number of hydrogen-bond donors (Lipinski definition) is 1. The highest BCUT2D eigenvalue weighted by Crippen LogP contribution is 2.30. The monoisotopic (exact) mass is 244 g/mol. The lowest BCUT2D eigenvalue weighted by atomic mass is 10.1. The molecule has 0 saturated carbocycles. The Hall–Kier alpha value is -0.880. The van der Waals surface area contributed by atoms with Crippen LogP contribution in [0, 0.1) is 0 Å². The maximum absolute atomic E-state index is 11.3. The quantitative estimate of drug-likeness (QED) is 0.853. The van der Waals surface area contributed by atoms with Crippen LogP contribution in [-0.4, -0.2) is 32.0 Å². The van der Waals surface area contributed by atoms with Crippen LogP contribution >= 0.6 is 0 Å². The lowest BCUT2D eigenvalue weighted by Crippen LogP contribution is -2.12. The third-order valence-electron chi connectivity index (χ3n) is 2.98. The normalized spacial score (nSPS) is 25.8. The SMILES string of the molecule is CNC(C)c1ncc(C2CCS(=O)(=O)C2)o1. The summed E-state index contributed by atoms with van der Waals surface area (Å²) >= 11 is 0. The van der Waals surface area contributed by atoms with E-state index in [0.29, 0.717) is 18.1 Å². The summed E-state index contributed by atoms with van der Waals surface area (Å²) in [6.45, 7) is 1.95. The molecule has 0 aliphatic carbocycles. The molecular weight excluding hydrogens is 228 g/mol. The summed E-state index contributed by atoms with van der Waals surface area (Å²) < 4.78 is 28.2. The third kappa shape index (κ3) is 2.27. The second kappa shape index (κ2) is 4.18. The fourth-order valence-corrected chi connectivity index (χ4v) is 3.59. The molecule has 1 fully saturated rings. The van der Waals surface area contributed by atoms with Gasteiger partial charge < -0.3 is 9.73 Å². The molecule has 1 aliphatic rings. The van der Waals surface area contributed by atoms with Gasteiger partial charge in [0.25, 0.3) is 0 Å². The van der Waals surface area contributed by atoms with Gasteiger partial charge in [-0.3, -0.25) is 0 Å². The van der Waals surface area contributed by atoms with Gasteiger partial charge in [-0.25, -0.2) is 13.4 Å². The summed E-state index contributed by atoms with van der Waals surface area (Å²) in [5.41, 5.74) is 0. The first-order valence-electron chi connectivity index (χ1n) is 5.35. The Morgan fingerprint density at radius 2 is 2.38 bits per heavy atom. The minimum Gasteiger partial charge on any atom is -0.444 e. The van der Waals surface area contributed by atoms with Gasteiger partial charge in [0, 0.05) is 5.92 Å². The third-order valence-corrected chi connectivity index (χ3v) is 4.75. The van der Waals surface area contributed by atoms with Gasteiger partial charge in [-0.2, -0.15) is 0 Å². The van der Waals surface area contributed by atoms with Gasteiger partial charge in [-0.1, -0.05) is 0 Å². The summed E-state index contributed by atoms with van der Waals surface area (Å²) in [5, 5.41) is 3.03. The highest BCUT2D eigenvalue weighted by molar-refractivity contribution is 7.91. The van der Waals surface area contributed by atoms with E-state index in [1.54, 1.807) is 6.20 Å². The van der Waals surface area contributed by atoms with Crippen molar-refractivity contribution < 1.29 is 12.8 Å². The van der Waals surface area contributed by atoms with Crippen molar-refractivity contribution in [2.45, 2.75) is 25.3 Å². The number of oxazole rings is 1. The highest BCUT2D eigenvalue weighted by atomic mass is 32.2. The van der Waals surface area contributed by atoms with E-state index in [9.17, 15) is 8.42 Å². The van der Waals surface area contributed by atoms with Gasteiger partial charge >= 0.3 is 0 Å². The van der Waals surface area contributed by atoms with Crippen LogP contribution in [0.1, 0.15) is 37.0 Å². The first kappa shape index (κ1) is 11.6. The number of nitrogens with one attached hydrogen (secondary N) is 1. The Bertz CT molecular complexity index is 466. The van der Waals surface area contributed by atoms with Gasteiger partial charge in [0.05, 0.1) is 23.7 Å². The maximum Gasteiger partial charge on any atom is 0.211 e. The Morgan fingerprint density at radius 3 is 2.94 bits per heavy atom. The number of sulfone groups is 1. The molecule has 16 heavy (non-hydrogen) atoms. The van der Waals surface area contributed by atoms with Gasteiger partial charge in [0.15, 0.2) is 9.84 Å². The van der Waals surface area contributed by atoms with Gasteiger partial charge in [-0.05, 0) is 20.4 Å². The van der Waals surface area contributed by atoms with Crippen molar-refractivity contribution in [1.82, 2.24) is 10.3 Å². The van der Waals surface area contributed by atoms with Crippen molar-refractivity contribution in [3.63, 3.8) is 0 Å². The van der Waals surface area contributed by atoms with Gasteiger partial charge in [0.1, 0.15) is 5.76 Å². The average molecular weight is 244 g/mol. The summed E-state index contributed by atoms with van der Waals surface area (Å²) in [7, 11) is -1.04. The fraction of sp³-hybridized carbons (Fsp3) is 0.700. The lowest BCUT2D eigenvalue weighted by molar-refractivity contribution is 0.393. The summed E-state index contributed by atoms with van der Waals surface area (Å²) in [4.78, 5) is 4.16. The van der Waals surface area contributed by atoms with E-state index in [-0.39, 0.29) is 23.5 Å². The van der Waals surface area contributed by atoms with E-state index >= 15 is 0 Å². The molecule has 2 atom stereocenters. The molecular formula is C10H16N2O3S. The molecule has 2 heterocycles. The molecule has 2 unspecified atom stereocenters. The van der Waals surface area contributed by atoms with E-state index in [2.05, 4.69) is 10.3 Å². The molecule has 0 spiro atoms. The van der Waals surface area contributed by atoms with Crippen molar-refractivity contribution in [3.8, 4) is 0 Å². The molecule has 0 radical (unpaired) electrons. The zero-order valence-electron chi connectivity index (χ0n) is 9.43. The van der Waals surface area contributed by atoms with E-state index < -0.39 is 9.84 Å². The van der Waals surface area contributed by atoms with Crippen molar-refractivity contribution in [2.75, 3.05) is 18.6 Å². The van der Waals surface area contributed by atoms with Crippen LogP contribution in [0.4, 0.5) is 0 Å². The van der Waals surface area contributed by atoms with Crippen LogP contribution in [0.3, 0.4) is 0 Å². The Morgan fingerprint density at radius 1 is 1.62 bits per heavy atom. The largest absolute Gasteiger partial charge is 0.444 e. The van der Waals surface area contributed by atoms with Crippen molar-refractivity contribution in [3.05, 3.63) is 17.8 Å². The molecule has 0 bridgehead atoms. The molecule has 1 aromatic heterocycles. The lowest BCUT2D eigenvalue weighted by Gasteiger charge is -2.05. The predicted molar refractivity (Wildman–Crippen MR) is 60.0 cm³/mol. The van der Waals surface area contributed by atoms with Gasteiger partial charge in [-0.15, -0.1) is 0 Å². The summed E-state index contributed by atoms with van der Waals surface area (Å²) in [6.07, 6.45) is 2.29. The van der Waals surface area contributed by atoms with Crippen LogP contribution in [0.25, 0.3) is 0 Å². The van der Waals surface area contributed by atoms with E-state index in [1.807, 2.05) is 14.0 Å². The number of hydrogen-bond acceptors (Lipinski definition) is 5. The second-order valence-electron chi connectivity index (χ2n) is 4.21. The van der Waals surface area contributed by atoms with E-state index in [1.165, 1.54) is 0 Å². The second-order valence-corrected chi connectivity index (χ2v) is 6.44. The Balaban J connectivity index is 2.14.